The average Bonchev–Trinajstić information content (AvgIpc) is 2.37. The first-order chi connectivity index (χ1) is 8.61. The molecule has 1 aromatic rings. The molecule has 0 aliphatic carbocycles. The molecule has 2 nitrogen and oxygen atoms in total. The largest absolute Gasteiger partial charge is 0.494 e. The highest BCUT2D eigenvalue weighted by Gasteiger charge is 2.00. The van der Waals surface area contributed by atoms with Crippen LogP contribution in [0.25, 0.3) is 0 Å². The number of hydrogen-bond acceptors (Lipinski definition) is 2. The van der Waals surface area contributed by atoms with Crippen LogP contribution >= 0.6 is 0 Å². The Hall–Kier alpha value is -1.02. The Balaban J connectivity index is 2.33. The lowest BCUT2D eigenvalue weighted by molar-refractivity contribution is 0.289. The first-order valence-corrected chi connectivity index (χ1v) is 7.07. The molecule has 0 saturated carbocycles. The first kappa shape index (κ1) is 15.0. The monoisotopic (exact) mass is 249 g/mol. The third kappa shape index (κ3) is 6.06. The molecule has 0 amide bonds. The number of rotatable bonds is 8. The molecule has 0 aliphatic heterocycles. The van der Waals surface area contributed by atoms with Gasteiger partial charge in [0.1, 0.15) is 5.75 Å². The lowest BCUT2D eigenvalue weighted by atomic mass is 10.1. The highest BCUT2D eigenvalue weighted by Crippen LogP contribution is 2.13. The van der Waals surface area contributed by atoms with Crippen LogP contribution in [-0.4, -0.2) is 12.6 Å². The Labute approximate surface area is 112 Å². The second-order valence-corrected chi connectivity index (χ2v) is 5.37. The van der Waals surface area contributed by atoms with E-state index in [1.807, 2.05) is 0 Å². The summed E-state index contributed by atoms with van der Waals surface area (Å²) in [6.07, 6.45) is 2.27. The lowest BCUT2D eigenvalue weighted by Crippen LogP contribution is -2.24. The van der Waals surface area contributed by atoms with Gasteiger partial charge in [0, 0.05) is 12.6 Å². The smallest absolute Gasteiger partial charge is 0.119 e. The van der Waals surface area contributed by atoms with Crippen molar-refractivity contribution in [3.05, 3.63) is 29.8 Å². The van der Waals surface area contributed by atoms with Crippen molar-refractivity contribution in [2.24, 2.45) is 5.92 Å². The van der Waals surface area contributed by atoms with E-state index in [9.17, 15) is 0 Å². The standard InChI is InChI=1S/C16H27NO/c1-5-14(4)17-12-15-6-8-16(9-7-15)18-11-10-13(2)3/h6-9,13-14,17H,5,10-12H2,1-4H3/t14-/m0/s1. The maximum absolute atomic E-state index is 5.70. The van der Waals surface area contributed by atoms with E-state index >= 15 is 0 Å². The van der Waals surface area contributed by atoms with Crippen LogP contribution in [0.3, 0.4) is 0 Å². The zero-order valence-electron chi connectivity index (χ0n) is 12.2. The van der Waals surface area contributed by atoms with Crippen LogP contribution in [-0.2, 0) is 6.54 Å². The van der Waals surface area contributed by atoms with Gasteiger partial charge in [0.2, 0.25) is 0 Å². The topological polar surface area (TPSA) is 21.3 Å². The molecule has 0 aromatic heterocycles. The zero-order chi connectivity index (χ0) is 13.4. The van der Waals surface area contributed by atoms with Crippen LogP contribution in [0.2, 0.25) is 0 Å². The number of benzene rings is 1. The predicted molar refractivity (Wildman–Crippen MR) is 78.0 cm³/mol. The average molecular weight is 249 g/mol. The van der Waals surface area contributed by atoms with E-state index in [1.165, 1.54) is 5.56 Å². The molecule has 18 heavy (non-hydrogen) atoms. The van der Waals surface area contributed by atoms with Crippen molar-refractivity contribution < 1.29 is 4.74 Å². The molecule has 1 N–H and O–H groups in total. The summed E-state index contributed by atoms with van der Waals surface area (Å²) < 4.78 is 5.70. The van der Waals surface area contributed by atoms with Crippen LogP contribution in [0.4, 0.5) is 0 Å². The van der Waals surface area contributed by atoms with E-state index in [1.54, 1.807) is 0 Å². The molecule has 0 radical (unpaired) electrons. The quantitative estimate of drug-likeness (QED) is 0.752. The molecule has 2 heteroatoms. The Morgan fingerprint density at radius 3 is 2.33 bits per heavy atom. The molecule has 0 aliphatic rings. The van der Waals surface area contributed by atoms with Gasteiger partial charge >= 0.3 is 0 Å². The maximum Gasteiger partial charge on any atom is 0.119 e. The van der Waals surface area contributed by atoms with Crippen molar-refractivity contribution in [3.8, 4) is 5.75 Å². The van der Waals surface area contributed by atoms with E-state index in [2.05, 4.69) is 57.3 Å². The van der Waals surface area contributed by atoms with Crippen molar-refractivity contribution in [2.45, 2.75) is 53.1 Å². The number of nitrogens with one attached hydrogen (secondary N) is 1. The summed E-state index contributed by atoms with van der Waals surface area (Å²) in [6.45, 7) is 10.6. The Morgan fingerprint density at radius 2 is 1.78 bits per heavy atom. The van der Waals surface area contributed by atoms with Gasteiger partial charge in [-0.3, -0.25) is 0 Å². The summed E-state index contributed by atoms with van der Waals surface area (Å²) in [5, 5.41) is 3.49. The molecule has 0 unspecified atom stereocenters. The lowest BCUT2D eigenvalue weighted by Gasteiger charge is -2.12. The van der Waals surface area contributed by atoms with E-state index in [4.69, 9.17) is 4.74 Å². The highest BCUT2D eigenvalue weighted by molar-refractivity contribution is 5.27. The van der Waals surface area contributed by atoms with Gasteiger partial charge < -0.3 is 10.1 Å². The van der Waals surface area contributed by atoms with Gasteiger partial charge in [0.05, 0.1) is 6.61 Å². The minimum atomic E-state index is 0.576. The second-order valence-electron chi connectivity index (χ2n) is 5.37. The second kappa shape index (κ2) is 8.15. The minimum Gasteiger partial charge on any atom is -0.494 e. The molecule has 0 fully saturated rings. The zero-order valence-corrected chi connectivity index (χ0v) is 12.2. The fraction of sp³-hybridized carbons (Fsp3) is 0.625. The molecule has 0 heterocycles. The summed E-state index contributed by atoms with van der Waals surface area (Å²) in [5.74, 6) is 1.67. The van der Waals surface area contributed by atoms with Gasteiger partial charge in [-0.1, -0.05) is 32.9 Å². The van der Waals surface area contributed by atoms with E-state index < -0.39 is 0 Å². The van der Waals surface area contributed by atoms with Crippen molar-refractivity contribution >= 4 is 0 Å². The van der Waals surface area contributed by atoms with Gasteiger partial charge in [-0.25, -0.2) is 0 Å². The SMILES string of the molecule is CC[C@H](C)NCc1ccc(OCCC(C)C)cc1. The molecule has 0 saturated heterocycles. The van der Waals surface area contributed by atoms with E-state index in [-0.39, 0.29) is 0 Å². The molecular formula is C16H27NO. The van der Waals surface area contributed by atoms with Crippen LogP contribution < -0.4 is 10.1 Å². The van der Waals surface area contributed by atoms with Gasteiger partial charge in [0.15, 0.2) is 0 Å². The summed E-state index contributed by atoms with van der Waals surface area (Å²) in [6, 6.07) is 8.98. The van der Waals surface area contributed by atoms with Gasteiger partial charge in [-0.2, -0.15) is 0 Å². The van der Waals surface area contributed by atoms with Crippen LogP contribution in [0.5, 0.6) is 5.75 Å². The normalized spacial score (nSPS) is 12.7. The van der Waals surface area contributed by atoms with Crippen molar-refractivity contribution in [1.29, 1.82) is 0 Å². The maximum atomic E-state index is 5.70. The molecular weight excluding hydrogens is 222 g/mol. The third-order valence-corrected chi connectivity index (χ3v) is 3.15. The van der Waals surface area contributed by atoms with Crippen molar-refractivity contribution in [3.63, 3.8) is 0 Å². The Kier molecular flexibility index (Phi) is 6.81. The number of hydrogen-bond donors (Lipinski definition) is 1. The molecule has 102 valence electrons. The molecule has 1 rings (SSSR count). The highest BCUT2D eigenvalue weighted by atomic mass is 16.5. The van der Waals surface area contributed by atoms with Gasteiger partial charge in [0.25, 0.3) is 0 Å². The van der Waals surface area contributed by atoms with E-state index in [0.29, 0.717) is 12.0 Å². The van der Waals surface area contributed by atoms with Crippen LogP contribution in [0, 0.1) is 5.92 Å². The van der Waals surface area contributed by atoms with Crippen LogP contribution in [0.1, 0.15) is 46.1 Å². The van der Waals surface area contributed by atoms with Crippen molar-refractivity contribution in [1.82, 2.24) is 5.32 Å². The molecule has 1 atom stereocenters. The first-order valence-electron chi connectivity index (χ1n) is 7.07. The molecule has 0 spiro atoms. The Morgan fingerprint density at radius 1 is 1.11 bits per heavy atom. The molecule has 0 bridgehead atoms. The summed E-state index contributed by atoms with van der Waals surface area (Å²) in [7, 11) is 0. The van der Waals surface area contributed by atoms with Crippen molar-refractivity contribution in [2.75, 3.05) is 6.61 Å². The van der Waals surface area contributed by atoms with Gasteiger partial charge in [-0.05, 0) is 43.4 Å². The predicted octanol–water partition coefficient (Wildman–Crippen LogP) is 4.00. The van der Waals surface area contributed by atoms with Crippen LogP contribution in [0.15, 0.2) is 24.3 Å². The summed E-state index contributed by atoms with van der Waals surface area (Å²) in [5.41, 5.74) is 1.31. The summed E-state index contributed by atoms with van der Waals surface area (Å²) >= 11 is 0. The van der Waals surface area contributed by atoms with Gasteiger partial charge in [-0.15, -0.1) is 0 Å². The third-order valence-electron chi connectivity index (χ3n) is 3.15. The summed E-state index contributed by atoms with van der Waals surface area (Å²) in [4.78, 5) is 0. The molecule has 1 aromatic carbocycles. The fourth-order valence-corrected chi connectivity index (χ4v) is 1.55. The fourth-order valence-electron chi connectivity index (χ4n) is 1.55. The van der Waals surface area contributed by atoms with E-state index in [0.717, 1.165) is 31.7 Å². The minimum absolute atomic E-state index is 0.576. The Bertz CT molecular complexity index is 318. The number of ether oxygens (including phenoxy) is 1.